The molecular formula is C16H26N4O. The highest BCUT2D eigenvalue weighted by Gasteiger charge is 2.24. The first-order valence-electron chi connectivity index (χ1n) is 7.85. The van der Waals surface area contributed by atoms with Crippen LogP contribution >= 0.6 is 0 Å². The van der Waals surface area contributed by atoms with E-state index in [1.165, 1.54) is 5.56 Å². The Morgan fingerprint density at radius 3 is 3.00 bits per heavy atom. The number of anilines is 1. The standard InChI is InChI=1S/C16H26N4O/c1-3-8-18-12(2)13-6-7-15(19-10-13)20-9-4-5-14(11-20)16(17)21/h6-7,10,12,14,18H,3-5,8-9,11H2,1-2H3,(H2,17,21). The van der Waals surface area contributed by atoms with Crippen molar-refractivity contribution in [2.45, 2.75) is 39.2 Å². The van der Waals surface area contributed by atoms with Crippen molar-refractivity contribution in [2.24, 2.45) is 11.7 Å². The Labute approximate surface area is 126 Å². The number of nitrogens with one attached hydrogen (secondary N) is 1. The normalized spacial score (nSPS) is 20.3. The minimum atomic E-state index is -0.200. The van der Waals surface area contributed by atoms with Crippen LogP contribution in [0.3, 0.4) is 0 Å². The molecule has 0 aromatic carbocycles. The summed E-state index contributed by atoms with van der Waals surface area (Å²) in [6, 6.07) is 4.47. The molecule has 1 fully saturated rings. The zero-order chi connectivity index (χ0) is 15.2. The average molecular weight is 290 g/mol. The van der Waals surface area contributed by atoms with Crippen LogP contribution < -0.4 is 16.0 Å². The van der Waals surface area contributed by atoms with E-state index in [2.05, 4.69) is 35.1 Å². The van der Waals surface area contributed by atoms with Crippen LogP contribution in [0.1, 0.15) is 44.7 Å². The van der Waals surface area contributed by atoms with Crippen molar-refractivity contribution in [3.63, 3.8) is 0 Å². The Balaban J connectivity index is 1.99. The number of nitrogens with zero attached hydrogens (tertiary/aromatic N) is 2. The van der Waals surface area contributed by atoms with E-state index >= 15 is 0 Å². The fourth-order valence-corrected chi connectivity index (χ4v) is 2.74. The number of hydrogen-bond acceptors (Lipinski definition) is 4. The third kappa shape index (κ3) is 4.17. The molecule has 2 atom stereocenters. The van der Waals surface area contributed by atoms with Crippen LogP contribution in [0.5, 0.6) is 0 Å². The quantitative estimate of drug-likeness (QED) is 0.838. The Morgan fingerprint density at radius 1 is 1.57 bits per heavy atom. The van der Waals surface area contributed by atoms with Crippen LogP contribution in [0.2, 0.25) is 0 Å². The molecule has 0 spiro atoms. The first-order valence-corrected chi connectivity index (χ1v) is 7.85. The summed E-state index contributed by atoms with van der Waals surface area (Å²) >= 11 is 0. The zero-order valence-electron chi connectivity index (χ0n) is 13.0. The van der Waals surface area contributed by atoms with E-state index < -0.39 is 0 Å². The van der Waals surface area contributed by atoms with Gasteiger partial charge in [-0.25, -0.2) is 4.98 Å². The molecule has 1 aliphatic rings. The number of piperidine rings is 1. The van der Waals surface area contributed by atoms with Crippen LogP contribution in [0, 0.1) is 5.92 Å². The summed E-state index contributed by atoms with van der Waals surface area (Å²) in [4.78, 5) is 18.1. The molecule has 5 heteroatoms. The molecule has 2 rings (SSSR count). The number of rotatable bonds is 6. The number of nitrogens with two attached hydrogens (primary N) is 1. The van der Waals surface area contributed by atoms with Crippen LogP contribution in [-0.4, -0.2) is 30.5 Å². The lowest BCUT2D eigenvalue weighted by atomic mass is 9.97. The molecule has 1 amide bonds. The number of carbonyl (C=O) groups excluding carboxylic acids is 1. The largest absolute Gasteiger partial charge is 0.369 e. The van der Waals surface area contributed by atoms with Crippen molar-refractivity contribution < 1.29 is 4.79 Å². The van der Waals surface area contributed by atoms with Gasteiger partial charge in [0, 0.05) is 25.3 Å². The fourth-order valence-electron chi connectivity index (χ4n) is 2.74. The highest BCUT2D eigenvalue weighted by Crippen LogP contribution is 2.22. The van der Waals surface area contributed by atoms with Crippen molar-refractivity contribution in [3.05, 3.63) is 23.9 Å². The van der Waals surface area contributed by atoms with Crippen molar-refractivity contribution >= 4 is 11.7 Å². The van der Waals surface area contributed by atoms with Gasteiger partial charge in [0.1, 0.15) is 5.82 Å². The van der Waals surface area contributed by atoms with Crippen molar-refractivity contribution in [1.82, 2.24) is 10.3 Å². The van der Waals surface area contributed by atoms with Gasteiger partial charge in [-0.1, -0.05) is 13.0 Å². The summed E-state index contributed by atoms with van der Waals surface area (Å²) in [7, 11) is 0. The zero-order valence-corrected chi connectivity index (χ0v) is 13.0. The summed E-state index contributed by atoms with van der Waals surface area (Å²) in [5.41, 5.74) is 6.61. The number of primary amides is 1. The lowest BCUT2D eigenvalue weighted by Gasteiger charge is -2.32. The van der Waals surface area contributed by atoms with Gasteiger partial charge in [0.05, 0.1) is 5.92 Å². The van der Waals surface area contributed by atoms with Gasteiger partial charge in [-0.05, 0) is 44.4 Å². The minimum absolute atomic E-state index is 0.0506. The summed E-state index contributed by atoms with van der Waals surface area (Å²) in [6.07, 6.45) is 4.93. The maximum Gasteiger partial charge on any atom is 0.222 e. The molecule has 2 heterocycles. The van der Waals surface area contributed by atoms with Crippen LogP contribution in [-0.2, 0) is 4.79 Å². The molecule has 1 aromatic heterocycles. The smallest absolute Gasteiger partial charge is 0.222 e. The van der Waals surface area contributed by atoms with Gasteiger partial charge in [0.25, 0.3) is 0 Å². The summed E-state index contributed by atoms with van der Waals surface area (Å²) in [6.45, 7) is 6.95. The molecule has 5 nitrogen and oxygen atoms in total. The average Bonchev–Trinajstić information content (AvgIpc) is 2.53. The predicted octanol–water partition coefficient (Wildman–Crippen LogP) is 1.84. The molecule has 3 N–H and O–H groups in total. The lowest BCUT2D eigenvalue weighted by molar-refractivity contribution is -0.122. The molecule has 0 saturated carbocycles. The topological polar surface area (TPSA) is 71.2 Å². The molecule has 21 heavy (non-hydrogen) atoms. The summed E-state index contributed by atoms with van der Waals surface area (Å²) < 4.78 is 0. The van der Waals surface area contributed by atoms with Crippen LogP contribution in [0.25, 0.3) is 0 Å². The number of hydrogen-bond donors (Lipinski definition) is 2. The number of amides is 1. The fraction of sp³-hybridized carbons (Fsp3) is 0.625. The van der Waals surface area contributed by atoms with Gasteiger partial charge in [-0.2, -0.15) is 0 Å². The van der Waals surface area contributed by atoms with Crippen molar-refractivity contribution in [2.75, 3.05) is 24.5 Å². The molecule has 0 radical (unpaired) electrons. The van der Waals surface area contributed by atoms with E-state index in [0.717, 1.165) is 38.2 Å². The van der Waals surface area contributed by atoms with Crippen molar-refractivity contribution in [3.8, 4) is 0 Å². The van der Waals surface area contributed by atoms with Gasteiger partial charge in [-0.15, -0.1) is 0 Å². The summed E-state index contributed by atoms with van der Waals surface area (Å²) in [5.74, 6) is 0.687. The Bertz CT molecular complexity index is 460. The number of aromatic nitrogens is 1. The predicted molar refractivity (Wildman–Crippen MR) is 85.1 cm³/mol. The number of pyridine rings is 1. The maximum atomic E-state index is 11.3. The van der Waals surface area contributed by atoms with Gasteiger partial charge in [0.2, 0.25) is 5.91 Å². The molecular weight excluding hydrogens is 264 g/mol. The highest BCUT2D eigenvalue weighted by molar-refractivity contribution is 5.77. The van der Waals surface area contributed by atoms with E-state index in [1.807, 2.05) is 12.3 Å². The first-order chi connectivity index (χ1) is 10.1. The molecule has 116 valence electrons. The SMILES string of the molecule is CCCNC(C)c1ccc(N2CCCC(C(N)=O)C2)nc1. The Hall–Kier alpha value is -1.62. The second-order valence-electron chi connectivity index (χ2n) is 5.81. The third-order valence-electron chi connectivity index (χ3n) is 4.12. The maximum absolute atomic E-state index is 11.3. The van der Waals surface area contributed by atoms with E-state index in [1.54, 1.807) is 0 Å². The second kappa shape index (κ2) is 7.41. The first kappa shape index (κ1) is 15.8. The van der Waals surface area contributed by atoms with E-state index in [4.69, 9.17) is 5.73 Å². The van der Waals surface area contributed by atoms with Crippen molar-refractivity contribution in [1.29, 1.82) is 0 Å². The van der Waals surface area contributed by atoms with E-state index in [-0.39, 0.29) is 11.8 Å². The van der Waals surface area contributed by atoms with Gasteiger partial charge in [-0.3, -0.25) is 4.79 Å². The minimum Gasteiger partial charge on any atom is -0.369 e. The van der Waals surface area contributed by atoms with Crippen LogP contribution in [0.15, 0.2) is 18.3 Å². The number of carbonyl (C=O) groups is 1. The van der Waals surface area contributed by atoms with Gasteiger partial charge in [0.15, 0.2) is 0 Å². The Morgan fingerprint density at radius 2 is 2.38 bits per heavy atom. The van der Waals surface area contributed by atoms with E-state index in [9.17, 15) is 4.79 Å². The van der Waals surface area contributed by atoms with Gasteiger partial charge >= 0.3 is 0 Å². The molecule has 0 aliphatic carbocycles. The monoisotopic (exact) mass is 290 g/mol. The molecule has 2 unspecified atom stereocenters. The summed E-state index contributed by atoms with van der Waals surface area (Å²) in [5, 5.41) is 3.45. The van der Waals surface area contributed by atoms with Crippen LogP contribution in [0.4, 0.5) is 5.82 Å². The molecule has 1 aromatic rings. The van der Waals surface area contributed by atoms with E-state index in [0.29, 0.717) is 12.6 Å². The third-order valence-corrected chi connectivity index (χ3v) is 4.12. The highest BCUT2D eigenvalue weighted by atomic mass is 16.1. The lowest BCUT2D eigenvalue weighted by Crippen LogP contribution is -2.41. The second-order valence-corrected chi connectivity index (χ2v) is 5.81. The molecule has 1 saturated heterocycles. The Kier molecular flexibility index (Phi) is 5.56. The van der Waals surface area contributed by atoms with Gasteiger partial charge < -0.3 is 16.0 Å². The molecule has 0 bridgehead atoms. The molecule has 1 aliphatic heterocycles.